The minimum absolute atomic E-state index is 0.0845. The molecule has 0 spiro atoms. The Kier molecular flexibility index (Phi) is 6.33. The lowest BCUT2D eigenvalue weighted by Crippen LogP contribution is -2.15. The molecule has 0 atom stereocenters. The predicted molar refractivity (Wildman–Crippen MR) is 135 cm³/mol. The molecule has 0 fully saturated rings. The van der Waals surface area contributed by atoms with Gasteiger partial charge in [-0.2, -0.15) is 0 Å². The molecule has 0 saturated carbocycles. The molecule has 1 aliphatic rings. The first-order valence-electron chi connectivity index (χ1n) is 10.4. The number of thiazole rings is 1. The van der Waals surface area contributed by atoms with Crippen LogP contribution in [0.4, 0.5) is 10.8 Å². The number of amides is 1. The van der Waals surface area contributed by atoms with Crippen LogP contribution in [-0.2, 0) is 10.0 Å². The number of nitrogens with one attached hydrogen (secondary N) is 2. The van der Waals surface area contributed by atoms with E-state index in [1.54, 1.807) is 0 Å². The van der Waals surface area contributed by atoms with Gasteiger partial charge in [0.05, 0.1) is 10.6 Å². The topological polar surface area (TPSA) is 107 Å². The highest BCUT2D eigenvalue weighted by molar-refractivity contribution is 7.92. The molecule has 178 valence electrons. The van der Waals surface area contributed by atoms with Crippen molar-refractivity contribution in [2.24, 2.45) is 0 Å². The van der Waals surface area contributed by atoms with Crippen LogP contribution in [0.1, 0.15) is 10.4 Å². The Morgan fingerprint density at radius 1 is 0.943 bits per heavy atom. The van der Waals surface area contributed by atoms with E-state index in [9.17, 15) is 13.2 Å². The zero-order chi connectivity index (χ0) is 24.4. The fraction of sp³-hybridized carbons (Fsp3) is 0.0833. The van der Waals surface area contributed by atoms with E-state index in [1.807, 2.05) is 23.6 Å². The van der Waals surface area contributed by atoms with Gasteiger partial charge < -0.3 is 9.47 Å². The van der Waals surface area contributed by atoms with Crippen molar-refractivity contribution in [3.8, 4) is 22.8 Å². The van der Waals surface area contributed by atoms with E-state index in [0.717, 1.165) is 5.56 Å². The van der Waals surface area contributed by atoms with Crippen molar-refractivity contribution in [3.05, 3.63) is 82.7 Å². The number of carbonyl (C=O) groups excluding carboxylic acids is 1. The molecule has 8 nitrogen and oxygen atoms in total. The Morgan fingerprint density at radius 2 is 1.66 bits per heavy atom. The average molecular weight is 528 g/mol. The van der Waals surface area contributed by atoms with E-state index < -0.39 is 10.0 Å². The number of sulfonamides is 1. The predicted octanol–water partition coefficient (Wildman–Crippen LogP) is 5.29. The number of anilines is 2. The number of halogens is 1. The molecule has 4 aromatic rings. The first kappa shape index (κ1) is 23.2. The minimum atomic E-state index is -3.78. The lowest BCUT2D eigenvalue weighted by Gasteiger charge is -2.18. The molecule has 5 rings (SSSR count). The van der Waals surface area contributed by atoms with Crippen LogP contribution >= 0.6 is 22.9 Å². The number of ether oxygens (including phenoxy) is 2. The van der Waals surface area contributed by atoms with Gasteiger partial charge in [0.2, 0.25) is 0 Å². The van der Waals surface area contributed by atoms with Crippen LogP contribution in [0.25, 0.3) is 11.3 Å². The van der Waals surface area contributed by atoms with Crippen LogP contribution in [0, 0.1) is 0 Å². The van der Waals surface area contributed by atoms with Crippen molar-refractivity contribution >= 4 is 49.7 Å². The highest BCUT2D eigenvalue weighted by Gasteiger charge is 2.16. The summed E-state index contributed by atoms with van der Waals surface area (Å²) in [4.78, 5) is 17.2. The molecule has 1 aliphatic heterocycles. The second-order valence-corrected chi connectivity index (χ2v) is 10.5. The summed E-state index contributed by atoms with van der Waals surface area (Å²) >= 11 is 7.12. The molecular weight excluding hydrogens is 510 g/mol. The molecule has 3 aromatic carbocycles. The van der Waals surface area contributed by atoms with E-state index in [0.29, 0.717) is 51.8 Å². The number of aromatic nitrogens is 1. The molecule has 35 heavy (non-hydrogen) atoms. The molecule has 0 radical (unpaired) electrons. The number of nitrogens with zero attached hydrogens (tertiary/aromatic N) is 1. The summed E-state index contributed by atoms with van der Waals surface area (Å²) in [5.41, 5.74) is 2.24. The zero-order valence-electron chi connectivity index (χ0n) is 18.0. The van der Waals surface area contributed by atoms with E-state index in [4.69, 9.17) is 21.1 Å². The van der Waals surface area contributed by atoms with Crippen molar-refractivity contribution in [3.63, 3.8) is 0 Å². The lowest BCUT2D eigenvalue weighted by molar-refractivity contribution is 0.102. The van der Waals surface area contributed by atoms with Gasteiger partial charge in [0.25, 0.3) is 15.9 Å². The molecule has 2 heterocycles. The molecule has 0 bridgehead atoms. The highest BCUT2D eigenvalue weighted by atomic mass is 35.5. The maximum atomic E-state index is 12.7. The van der Waals surface area contributed by atoms with Crippen molar-refractivity contribution in [1.29, 1.82) is 0 Å². The largest absolute Gasteiger partial charge is 0.486 e. The Balaban J connectivity index is 1.24. The van der Waals surface area contributed by atoms with Gasteiger partial charge in [-0.25, -0.2) is 13.4 Å². The maximum Gasteiger partial charge on any atom is 0.261 e. The van der Waals surface area contributed by atoms with Crippen molar-refractivity contribution in [2.45, 2.75) is 4.90 Å². The van der Waals surface area contributed by atoms with E-state index in [-0.39, 0.29) is 10.8 Å². The summed E-state index contributed by atoms with van der Waals surface area (Å²) in [6.45, 7) is 1.02. The summed E-state index contributed by atoms with van der Waals surface area (Å²) in [6.07, 6.45) is 0. The Morgan fingerprint density at radius 3 is 2.40 bits per heavy atom. The summed E-state index contributed by atoms with van der Waals surface area (Å²) < 4.78 is 38.7. The molecule has 1 amide bonds. The van der Waals surface area contributed by atoms with Gasteiger partial charge >= 0.3 is 0 Å². The van der Waals surface area contributed by atoms with Gasteiger partial charge in [-0.15, -0.1) is 11.3 Å². The van der Waals surface area contributed by atoms with Crippen LogP contribution in [0.3, 0.4) is 0 Å². The van der Waals surface area contributed by atoms with Crippen LogP contribution in [0.2, 0.25) is 5.02 Å². The third-order valence-electron chi connectivity index (χ3n) is 5.09. The first-order valence-corrected chi connectivity index (χ1v) is 13.2. The second-order valence-electron chi connectivity index (χ2n) is 7.49. The fourth-order valence-corrected chi connectivity index (χ4v) is 5.25. The average Bonchev–Trinajstić information content (AvgIpc) is 3.32. The highest BCUT2D eigenvalue weighted by Crippen LogP contribution is 2.35. The third kappa shape index (κ3) is 5.24. The van der Waals surface area contributed by atoms with Crippen LogP contribution in [0.15, 0.2) is 77.0 Å². The van der Waals surface area contributed by atoms with Crippen LogP contribution < -0.4 is 19.5 Å². The van der Waals surface area contributed by atoms with Gasteiger partial charge in [-0.1, -0.05) is 11.6 Å². The fourth-order valence-electron chi connectivity index (χ4n) is 3.35. The van der Waals surface area contributed by atoms with Gasteiger partial charge in [-0.3, -0.25) is 14.8 Å². The van der Waals surface area contributed by atoms with Crippen LogP contribution in [-0.4, -0.2) is 32.5 Å². The van der Waals surface area contributed by atoms with Gasteiger partial charge in [-0.05, 0) is 66.7 Å². The molecule has 0 unspecified atom stereocenters. The molecule has 2 N–H and O–H groups in total. The Hall–Kier alpha value is -3.60. The summed E-state index contributed by atoms with van der Waals surface area (Å²) in [7, 11) is -3.78. The monoisotopic (exact) mass is 527 g/mol. The van der Waals surface area contributed by atoms with Gasteiger partial charge in [0, 0.05) is 27.2 Å². The van der Waals surface area contributed by atoms with Gasteiger partial charge in [0.15, 0.2) is 16.6 Å². The Labute approximate surface area is 210 Å². The molecule has 11 heteroatoms. The van der Waals surface area contributed by atoms with Crippen molar-refractivity contribution < 1.29 is 22.7 Å². The molecule has 0 saturated heterocycles. The molecular formula is C24H18ClN3O5S2. The van der Waals surface area contributed by atoms with Gasteiger partial charge in [0.1, 0.15) is 13.2 Å². The van der Waals surface area contributed by atoms with E-state index in [1.165, 1.54) is 59.9 Å². The van der Waals surface area contributed by atoms with E-state index >= 15 is 0 Å². The number of fused-ring (bicyclic) bond motifs is 1. The zero-order valence-corrected chi connectivity index (χ0v) is 20.4. The number of benzene rings is 3. The summed E-state index contributed by atoms with van der Waals surface area (Å²) in [6, 6.07) is 17.5. The second kappa shape index (κ2) is 9.57. The van der Waals surface area contributed by atoms with Crippen molar-refractivity contribution in [2.75, 3.05) is 23.3 Å². The minimum Gasteiger partial charge on any atom is -0.486 e. The number of hydrogen-bond acceptors (Lipinski definition) is 7. The lowest BCUT2D eigenvalue weighted by atomic mass is 10.1. The first-order chi connectivity index (χ1) is 16.9. The number of hydrogen-bond donors (Lipinski definition) is 2. The maximum absolute atomic E-state index is 12.7. The molecule has 0 aliphatic carbocycles. The summed E-state index contributed by atoms with van der Waals surface area (Å²) in [5.74, 6) is 1.00. The third-order valence-corrected chi connectivity index (χ3v) is 7.49. The normalized spacial score (nSPS) is 12.7. The van der Waals surface area contributed by atoms with Crippen molar-refractivity contribution in [1.82, 2.24) is 4.98 Å². The number of carbonyl (C=O) groups is 1. The quantitative estimate of drug-likeness (QED) is 0.353. The standard InChI is InChI=1S/C24H18ClN3O5S2/c25-17-4-8-19(9-5-17)35(30,31)28-18-6-1-15(2-7-18)23(29)27-24-26-20(14-34-24)16-3-10-21-22(13-16)33-12-11-32-21/h1-10,13-14,28H,11-12H2,(H,26,27,29). The smallest absolute Gasteiger partial charge is 0.261 e. The summed E-state index contributed by atoms with van der Waals surface area (Å²) in [5, 5.41) is 5.49. The Bertz CT molecular complexity index is 1490. The van der Waals surface area contributed by atoms with E-state index in [2.05, 4.69) is 15.0 Å². The molecule has 1 aromatic heterocycles. The number of rotatable bonds is 6. The SMILES string of the molecule is O=C(Nc1nc(-c2ccc3c(c2)OCCO3)cs1)c1ccc(NS(=O)(=O)c2ccc(Cl)cc2)cc1. The van der Waals surface area contributed by atoms with Crippen LogP contribution in [0.5, 0.6) is 11.5 Å².